The van der Waals surface area contributed by atoms with E-state index in [0.29, 0.717) is 18.8 Å². The molecular weight excluding hydrogens is 356 g/mol. The Morgan fingerprint density at radius 1 is 1.07 bits per heavy atom. The molecule has 0 spiro atoms. The molecular formula is C21H40N4O3. The first kappa shape index (κ1) is 22.8. The molecule has 1 aliphatic carbocycles. The van der Waals surface area contributed by atoms with Gasteiger partial charge < -0.3 is 25.0 Å². The van der Waals surface area contributed by atoms with Gasteiger partial charge in [-0.1, -0.05) is 25.7 Å². The summed E-state index contributed by atoms with van der Waals surface area (Å²) in [5, 5.41) is 6.87. The highest BCUT2D eigenvalue weighted by Crippen LogP contribution is 2.19. The lowest BCUT2D eigenvalue weighted by molar-refractivity contribution is 0.0411. The van der Waals surface area contributed by atoms with Gasteiger partial charge in [0.05, 0.1) is 12.7 Å². The lowest BCUT2D eigenvalue weighted by Gasteiger charge is -2.32. The molecule has 2 N–H and O–H groups in total. The fraction of sp³-hybridized carbons (Fsp3) is 0.905. The summed E-state index contributed by atoms with van der Waals surface area (Å²) in [6, 6.07) is 0.343. The number of carbonyl (C=O) groups is 1. The molecule has 7 heteroatoms. The first-order valence-corrected chi connectivity index (χ1v) is 11.2. The summed E-state index contributed by atoms with van der Waals surface area (Å²) >= 11 is 0. The maximum absolute atomic E-state index is 11.8. The van der Waals surface area contributed by atoms with E-state index in [2.05, 4.69) is 15.6 Å². The molecule has 0 aromatic heterocycles. The maximum Gasteiger partial charge on any atom is 0.409 e. The number of aliphatic imine (C=N–C) groups is 1. The molecule has 0 radical (unpaired) electrons. The number of hydrogen-bond acceptors (Lipinski definition) is 4. The van der Waals surface area contributed by atoms with Gasteiger partial charge in [-0.05, 0) is 45.4 Å². The Bertz CT molecular complexity index is 457. The molecule has 1 saturated heterocycles. The SMILES string of the molecule is CCOC(=O)N1CCC(NC(=NC)NCCCCOC2CCCCCC2)CC1. The number of guanidine groups is 1. The van der Waals surface area contributed by atoms with Gasteiger partial charge in [0.2, 0.25) is 0 Å². The molecule has 0 aromatic rings. The lowest BCUT2D eigenvalue weighted by Crippen LogP contribution is -2.50. The van der Waals surface area contributed by atoms with E-state index < -0.39 is 0 Å². The summed E-state index contributed by atoms with van der Waals surface area (Å²) in [6.45, 7) is 5.49. The Morgan fingerprint density at radius 3 is 2.43 bits per heavy atom. The van der Waals surface area contributed by atoms with Gasteiger partial charge >= 0.3 is 6.09 Å². The van der Waals surface area contributed by atoms with Crippen molar-refractivity contribution in [2.75, 3.05) is 39.9 Å². The van der Waals surface area contributed by atoms with Crippen LogP contribution in [0.3, 0.4) is 0 Å². The summed E-state index contributed by atoms with van der Waals surface area (Å²) < 4.78 is 11.1. The van der Waals surface area contributed by atoms with Gasteiger partial charge in [-0.3, -0.25) is 4.99 Å². The number of likely N-dealkylation sites (tertiary alicyclic amines) is 1. The van der Waals surface area contributed by atoms with E-state index in [0.717, 1.165) is 57.9 Å². The van der Waals surface area contributed by atoms with Crippen molar-refractivity contribution in [2.45, 2.75) is 83.3 Å². The lowest BCUT2D eigenvalue weighted by atomic mass is 10.1. The standard InChI is InChI=1S/C21H40N4O3/c1-3-27-21(26)25-15-12-18(13-16-25)24-20(22-2)23-14-8-9-17-28-19-10-6-4-5-7-11-19/h18-19H,3-17H2,1-2H3,(H2,22,23,24). The number of amides is 1. The van der Waals surface area contributed by atoms with Crippen molar-refractivity contribution in [3.63, 3.8) is 0 Å². The molecule has 1 saturated carbocycles. The Morgan fingerprint density at radius 2 is 1.79 bits per heavy atom. The summed E-state index contributed by atoms with van der Waals surface area (Å²) in [4.78, 5) is 17.9. The van der Waals surface area contributed by atoms with Crippen LogP contribution in [0, 0.1) is 0 Å². The highest BCUT2D eigenvalue weighted by atomic mass is 16.6. The minimum Gasteiger partial charge on any atom is -0.450 e. The quantitative estimate of drug-likeness (QED) is 0.285. The monoisotopic (exact) mass is 396 g/mol. The van der Waals surface area contributed by atoms with E-state index in [1.54, 1.807) is 11.9 Å². The summed E-state index contributed by atoms with van der Waals surface area (Å²) in [5.41, 5.74) is 0. The Balaban J connectivity index is 1.52. The molecule has 0 bridgehead atoms. The largest absolute Gasteiger partial charge is 0.450 e. The second-order valence-electron chi connectivity index (χ2n) is 7.80. The van der Waals surface area contributed by atoms with Crippen LogP contribution in [-0.4, -0.2) is 69.0 Å². The molecule has 7 nitrogen and oxygen atoms in total. The second-order valence-corrected chi connectivity index (χ2v) is 7.80. The van der Waals surface area contributed by atoms with E-state index in [4.69, 9.17) is 9.47 Å². The number of unbranched alkanes of at least 4 members (excludes halogenated alkanes) is 1. The molecule has 0 atom stereocenters. The number of nitrogens with zero attached hydrogens (tertiary/aromatic N) is 2. The number of rotatable bonds is 8. The van der Waals surface area contributed by atoms with Crippen molar-refractivity contribution in [2.24, 2.45) is 4.99 Å². The van der Waals surface area contributed by atoms with E-state index in [1.165, 1.54) is 38.5 Å². The first-order chi connectivity index (χ1) is 13.7. The average molecular weight is 397 g/mol. The molecule has 2 rings (SSSR count). The average Bonchev–Trinajstić information content (AvgIpc) is 2.99. The minimum atomic E-state index is -0.200. The third kappa shape index (κ3) is 8.67. The van der Waals surface area contributed by atoms with Crippen molar-refractivity contribution in [1.82, 2.24) is 15.5 Å². The maximum atomic E-state index is 11.8. The third-order valence-corrected chi connectivity index (χ3v) is 5.60. The molecule has 28 heavy (non-hydrogen) atoms. The number of nitrogens with one attached hydrogen (secondary N) is 2. The normalized spacial score (nSPS) is 19.9. The van der Waals surface area contributed by atoms with Crippen LogP contribution in [0.15, 0.2) is 4.99 Å². The molecule has 2 fully saturated rings. The van der Waals surface area contributed by atoms with E-state index in [1.807, 2.05) is 6.92 Å². The van der Waals surface area contributed by atoms with Crippen molar-refractivity contribution in [1.29, 1.82) is 0 Å². The zero-order valence-corrected chi connectivity index (χ0v) is 17.9. The van der Waals surface area contributed by atoms with Gasteiger partial charge in [0.1, 0.15) is 0 Å². The van der Waals surface area contributed by atoms with Crippen molar-refractivity contribution >= 4 is 12.1 Å². The number of ether oxygens (including phenoxy) is 2. The van der Waals surface area contributed by atoms with Crippen molar-refractivity contribution in [3.05, 3.63) is 0 Å². The molecule has 162 valence electrons. The van der Waals surface area contributed by atoms with Gasteiger partial charge in [-0.25, -0.2) is 4.79 Å². The molecule has 0 aromatic carbocycles. The van der Waals surface area contributed by atoms with Crippen LogP contribution in [0.25, 0.3) is 0 Å². The molecule has 1 aliphatic heterocycles. The van der Waals surface area contributed by atoms with Crippen LogP contribution in [0.4, 0.5) is 4.79 Å². The van der Waals surface area contributed by atoms with Crippen LogP contribution >= 0.6 is 0 Å². The topological polar surface area (TPSA) is 75.2 Å². The van der Waals surface area contributed by atoms with Crippen molar-refractivity contribution < 1.29 is 14.3 Å². The first-order valence-electron chi connectivity index (χ1n) is 11.2. The summed E-state index contributed by atoms with van der Waals surface area (Å²) in [6.07, 6.45) is 12.2. The van der Waals surface area contributed by atoms with Crippen LogP contribution < -0.4 is 10.6 Å². The smallest absolute Gasteiger partial charge is 0.409 e. The van der Waals surface area contributed by atoms with Gasteiger partial charge in [0, 0.05) is 39.3 Å². The predicted molar refractivity (Wildman–Crippen MR) is 113 cm³/mol. The number of piperidine rings is 1. The van der Waals surface area contributed by atoms with E-state index in [-0.39, 0.29) is 6.09 Å². The minimum absolute atomic E-state index is 0.200. The zero-order valence-electron chi connectivity index (χ0n) is 17.9. The highest BCUT2D eigenvalue weighted by molar-refractivity contribution is 5.80. The molecule has 1 amide bonds. The van der Waals surface area contributed by atoms with Gasteiger partial charge in [0.25, 0.3) is 0 Å². The van der Waals surface area contributed by atoms with Crippen LogP contribution in [0.5, 0.6) is 0 Å². The molecule has 0 unspecified atom stereocenters. The Labute approximate surface area is 170 Å². The predicted octanol–water partition coefficient (Wildman–Crippen LogP) is 3.29. The van der Waals surface area contributed by atoms with Gasteiger partial charge in [-0.2, -0.15) is 0 Å². The fourth-order valence-electron chi connectivity index (χ4n) is 3.90. The van der Waals surface area contributed by atoms with E-state index in [9.17, 15) is 4.79 Å². The van der Waals surface area contributed by atoms with Gasteiger partial charge in [-0.15, -0.1) is 0 Å². The Kier molecular flexibility index (Phi) is 11.1. The summed E-state index contributed by atoms with van der Waals surface area (Å²) in [7, 11) is 1.80. The number of hydrogen-bond donors (Lipinski definition) is 2. The summed E-state index contributed by atoms with van der Waals surface area (Å²) in [5.74, 6) is 0.847. The fourth-order valence-corrected chi connectivity index (χ4v) is 3.90. The Hall–Kier alpha value is -1.50. The van der Waals surface area contributed by atoms with Gasteiger partial charge in [0.15, 0.2) is 5.96 Å². The number of carbonyl (C=O) groups excluding carboxylic acids is 1. The van der Waals surface area contributed by atoms with Crippen LogP contribution in [-0.2, 0) is 9.47 Å². The molecule has 1 heterocycles. The third-order valence-electron chi connectivity index (χ3n) is 5.60. The highest BCUT2D eigenvalue weighted by Gasteiger charge is 2.24. The molecule has 2 aliphatic rings. The zero-order chi connectivity index (χ0) is 20.0. The van der Waals surface area contributed by atoms with Crippen LogP contribution in [0.1, 0.15) is 71.1 Å². The van der Waals surface area contributed by atoms with Crippen LogP contribution in [0.2, 0.25) is 0 Å². The van der Waals surface area contributed by atoms with E-state index >= 15 is 0 Å². The van der Waals surface area contributed by atoms with Crippen molar-refractivity contribution in [3.8, 4) is 0 Å². The second kappa shape index (κ2) is 13.6.